The zero-order valence-electron chi connectivity index (χ0n) is 15.0. The second-order valence-corrected chi connectivity index (χ2v) is 7.27. The molecular weight excluding hydrogens is 278 g/mol. The topological polar surface area (TPSA) is 60.4 Å². The van der Waals surface area contributed by atoms with Gasteiger partial charge in [-0.15, -0.1) is 0 Å². The summed E-state index contributed by atoms with van der Waals surface area (Å²) in [5.74, 6) is -1.06. The Morgan fingerprint density at radius 2 is 1.41 bits per heavy atom. The average Bonchev–Trinajstić information content (AvgIpc) is 2.38. The Morgan fingerprint density at radius 1 is 0.955 bits per heavy atom. The summed E-state index contributed by atoms with van der Waals surface area (Å²) >= 11 is 0. The highest BCUT2D eigenvalue weighted by Gasteiger charge is 2.20. The summed E-state index contributed by atoms with van der Waals surface area (Å²) in [6.45, 7) is 2.67. The summed E-state index contributed by atoms with van der Waals surface area (Å²) < 4.78 is 0.279. The predicted molar refractivity (Wildman–Crippen MR) is 89.3 cm³/mol. The molecule has 0 radical (unpaired) electrons. The fourth-order valence-corrected chi connectivity index (χ4v) is 2.94. The summed E-state index contributed by atoms with van der Waals surface area (Å²) in [6.07, 6.45) is 13.2. The standard InChI is InChI=1S/C18H37NO3/c1-4-5-6-7-8-9-10-11-12-13-14-17(20)15-19(2,3)16-18(21)22/h17,20H,4-16H2,1-3H3. The van der Waals surface area contributed by atoms with E-state index in [2.05, 4.69) is 6.92 Å². The second-order valence-electron chi connectivity index (χ2n) is 7.27. The van der Waals surface area contributed by atoms with Gasteiger partial charge in [-0.1, -0.05) is 71.1 Å². The van der Waals surface area contributed by atoms with E-state index in [0.29, 0.717) is 6.54 Å². The number of quaternary nitrogens is 1. The van der Waals surface area contributed by atoms with Crippen LogP contribution in [0.3, 0.4) is 0 Å². The van der Waals surface area contributed by atoms with Crippen LogP contribution < -0.4 is 5.11 Å². The molecule has 1 unspecified atom stereocenters. The minimum absolute atomic E-state index is 0.0465. The van der Waals surface area contributed by atoms with Gasteiger partial charge in [0.2, 0.25) is 0 Å². The second kappa shape index (κ2) is 12.9. The molecule has 0 aliphatic heterocycles. The lowest BCUT2D eigenvalue weighted by molar-refractivity contribution is -0.887. The number of carbonyl (C=O) groups is 1. The Morgan fingerprint density at radius 3 is 1.86 bits per heavy atom. The molecular formula is C18H37NO3. The van der Waals surface area contributed by atoms with Gasteiger partial charge in [0.05, 0.1) is 20.1 Å². The number of aliphatic hydroxyl groups is 1. The lowest BCUT2D eigenvalue weighted by Gasteiger charge is -2.32. The Kier molecular flexibility index (Phi) is 12.5. The number of carbonyl (C=O) groups excluding carboxylic acids is 1. The van der Waals surface area contributed by atoms with Crippen LogP contribution in [0.5, 0.6) is 0 Å². The smallest absolute Gasteiger partial charge is 0.119 e. The van der Waals surface area contributed by atoms with E-state index in [-0.39, 0.29) is 11.0 Å². The van der Waals surface area contributed by atoms with Crippen molar-refractivity contribution in [3.05, 3.63) is 0 Å². The molecule has 0 fully saturated rings. The minimum Gasteiger partial charge on any atom is -0.544 e. The quantitative estimate of drug-likeness (QED) is 0.373. The molecule has 132 valence electrons. The van der Waals surface area contributed by atoms with Crippen molar-refractivity contribution in [2.75, 3.05) is 27.2 Å². The number of hydrogen-bond donors (Lipinski definition) is 1. The van der Waals surface area contributed by atoms with Crippen molar-refractivity contribution in [3.63, 3.8) is 0 Å². The zero-order valence-corrected chi connectivity index (χ0v) is 15.0. The van der Waals surface area contributed by atoms with Crippen LogP contribution in [0.2, 0.25) is 0 Å². The van der Waals surface area contributed by atoms with E-state index in [0.717, 1.165) is 12.8 Å². The van der Waals surface area contributed by atoms with Crippen molar-refractivity contribution in [1.29, 1.82) is 0 Å². The third-order valence-corrected chi connectivity index (χ3v) is 4.15. The van der Waals surface area contributed by atoms with Gasteiger partial charge in [0.1, 0.15) is 19.2 Å². The number of aliphatic hydroxyl groups excluding tert-OH is 1. The lowest BCUT2D eigenvalue weighted by atomic mass is 10.0. The van der Waals surface area contributed by atoms with Gasteiger partial charge in [-0.2, -0.15) is 0 Å². The first-order chi connectivity index (χ1) is 10.4. The highest BCUT2D eigenvalue weighted by Crippen LogP contribution is 2.13. The predicted octanol–water partition coefficient (Wildman–Crippen LogP) is 2.48. The average molecular weight is 315 g/mol. The first kappa shape index (κ1) is 21.4. The van der Waals surface area contributed by atoms with E-state index in [4.69, 9.17) is 0 Å². The van der Waals surface area contributed by atoms with Gasteiger partial charge < -0.3 is 19.5 Å². The Hall–Kier alpha value is -0.610. The molecule has 0 aliphatic rings. The molecule has 0 aromatic carbocycles. The van der Waals surface area contributed by atoms with Gasteiger partial charge in [0.25, 0.3) is 0 Å². The monoisotopic (exact) mass is 315 g/mol. The summed E-state index contributed by atoms with van der Waals surface area (Å²) in [6, 6.07) is 0. The van der Waals surface area contributed by atoms with Crippen LogP contribution in [0, 0.1) is 0 Å². The molecule has 22 heavy (non-hydrogen) atoms. The molecule has 0 heterocycles. The molecule has 0 aliphatic carbocycles. The van der Waals surface area contributed by atoms with Gasteiger partial charge in [-0.25, -0.2) is 0 Å². The number of hydrogen-bond acceptors (Lipinski definition) is 3. The normalized spacial score (nSPS) is 13.3. The third-order valence-electron chi connectivity index (χ3n) is 4.15. The van der Waals surface area contributed by atoms with Crippen molar-refractivity contribution in [2.24, 2.45) is 0 Å². The summed E-state index contributed by atoms with van der Waals surface area (Å²) in [5.41, 5.74) is 0. The molecule has 0 rings (SSSR count). The van der Waals surface area contributed by atoms with Gasteiger partial charge in [0, 0.05) is 0 Å². The van der Waals surface area contributed by atoms with E-state index in [1.165, 1.54) is 57.8 Å². The number of likely N-dealkylation sites (N-methyl/N-ethyl adjacent to an activating group) is 1. The van der Waals surface area contributed by atoms with Gasteiger partial charge >= 0.3 is 0 Å². The van der Waals surface area contributed by atoms with E-state index < -0.39 is 12.1 Å². The third kappa shape index (κ3) is 14.3. The molecule has 0 saturated heterocycles. The maximum Gasteiger partial charge on any atom is 0.119 e. The maximum absolute atomic E-state index is 10.6. The number of carboxylic acid groups (broad SMARTS) is 1. The lowest BCUT2D eigenvalue weighted by Crippen LogP contribution is -2.51. The first-order valence-corrected chi connectivity index (χ1v) is 9.07. The molecule has 0 saturated carbocycles. The summed E-state index contributed by atoms with van der Waals surface area (Å²) in [7, 11) is 3.63. The summed E-state index contributed by atoms with van der Waals surface area (Å²) in [5, 5.41) is 20.6. The van der Waals surface area contributed by atoms with Gasteiger partial charge in [-0.3, -0.25) is 0 Å². The van der Waals surface area contributed by atoms with Crippen LogP contribution in [0.4, 0.5) is 0 Å². The van der Waals surface area contributed by atoms with E-state index in [1.807, 2.05) is 14.1 Å². The maximum atomic E-state index is 10.6. The Bertz CT molecular complexity index is 280. The van der Waals surface area contributed by atoms with E-state index in [1.54, 1.807) is 0 Å². The van der Waals surface area contributed by atoms with Crippen molar-refractivity contribution in [1.82, 2.24) is 0 Å². The van der Waals surface area contributed by atoms with E-state index in [9.17, 15) is 15.0 Å². The zero-order chi connectivity index (χ0) is 16.8. The van der Waals surface area contributed by atoms with Crippen molar-refractivity contribution >= 4 is 5.97 Å². The molecule has 0 spiro atoms. The number of carboxylic acids is 1. The molecule has 1 atom stereocenters. The Labute approximate surface area is 137 Å². The van der Waals surface area contributed by atoms with Crippen LogP contribution in [0.25, 0.3) is 0 Å². The van der Waals surface area contributed by atoms with Crippen LogP contribution in [-0.4, -0.2) is 48.8 Å². The van der Waals surface area contributed by atoms with Crippen LogP contribution in [0.1, 0.15) is 77.6 Å². The minimum atomic E-state index is -1.06. The number of aliphatic carboxylic acids is 1. The van der Waals surface area contributed by atoms with Crippen molar-refractivity contribution in [2.45, 2.75) is 83.7 Å². The van der Waals surface area contributed by atoms with Gasteiger partial charge in [-0.05, 0) is 6.42 Å². The van der Waals surface area contributed by atoms with Crippen LogP contribution in [0.15, 0.2) is 0 Å². The number of rotatable bonds is 15. The molecule has 0 bridgehead atoms. The van der Waals surface area contributed by atoms with Crippen molar-refractivity contribution in [3.8, 4) is 0 Å². The van der Waals surface area contributed by atoms with Crippen LogP contribution in [-0.2, 0) is 4.79 Å². The highest BCUT2D eigenvalue weighted by atomic mass is 16.4. The molecule has 0 aromatic rings. The molecule has 4 heteroatoms. The fraction of sp³-hybridized carbons (Fsp3) is 0.944. The van der Waals surface area contributed by atoms with Crippen LogP contribution >= 0.6 is 0 Å². The number of nitrogens with zero attached hydrogens (tertiary/aromatic N) is 1. The number of unbranched alkanes of at least 4 members (excludes halogenated alkanes) is 9. The SMILES string of the molecule is CCCCCCCCCCCCC(O)C[N+](C)(C)CC(=O)[O-]. The van der Waals surface area contributed by atoms with E-state index >= 15 is 0 Å². The van der Waals surface area contributed by atoms with Gasteiger partial charge in [0.15, 0.2) is 0 Å². The highest BCUT2D eigenvalue weighted by molar-refractivity contribution is 5.65. The summed E-state index contributed by atoms with van der Waals surface area (Å²) in [4.78, 5) is 10.6. The molecule has 0 aromatic heterocycles. The van der Waals surface area contributed by atoms with Crippen molar-refractivity contribution < 1.29 is 19.5 Å². The molecule has 1 N–H and O–H groups in total. The largest absolute Gasteiger partial charge is 0.544 e. The Balaban J connectivity index is 3.45. The molecule has 0 amide bonds. The molecule has 4 nitrogen and oxygen atoms in total. The fourth-order valence-electron chi connectivity index (χ4n) is 2.94. The first-order valence-electron chi connectivity index (χ1n) is 9.07.